The third-order valence-electron chi connectivity index (χ3n) is 2.03. The lowest BCUT2D eigenvalue weighted by Crippen LogP contribution is -1.93. The van der Waals surface area contributed by atoms with Gasteiger partial charge in [-0.25, -0.2) is 4.98 Å². The summed E-state index contributed by atoms with van der Waals surface area (Å²) in [7, 11) is 0. The van der Waals surface area contributed by atoms with Crippen LogP contribution in [0.1, 0.15) is 0 Å². The number of rotatable bonds is 2. The van der Waals surface area contributed by atoms with Crippen LogP contribution in [0, 0.1) is 0 Å². The first-order valence-corrected chi connectivity index (χ1v) is 4.68. The summed E-state index contributed by atoms with van der Waals surface area (Å²) >= 11 is 0. The molecule has 0 fully saturated rings. The van der Waals surface area contributed by atoms with Gasteiger partial charge in [0.25, 0.3) is 0 Å². The molecule has 0 saturated carbocycles. The highest BCUT2D eigenvalue weighted by Gasteiger charge is 2.02. The van der Waals surface area contributed by atoms with Crippen molar-refractivity contribution in [2.45, 2.75) is 0 Å². The lowest BCUT2D eigenvalue weighted by molar-refractivity contribution is 0.461. The molecule has 78 valence electrons. The lowest BCUT2D eigenvalue weighted by atomic mass is 10.3. The fourth-order valence-corrected chi connectivity index (χ4v) is 1.30. The first kappa shape index (κ1) is 8.78. The standard InChI is InChI=1S/C10H7N5O/c1-2-4-8(5-3-1)16-10-6-9-12-13-14-15(9)7-11-10/h1-7H. The third kappa shape index (κ3) is 1.56. The molecule has 0 aliphatic carbocycles. The molecule has 0 N–H and O–H groups in total. The van der Waals surface area contributed by atoms with Crippen LogP contribution in [-0.2, 0) is 0 Å². The number of hydrogen-bond donors (Lipinski definition) is 0. The van der Waals surface area contributed by atoms with Crippen LogP contribution in [0.25, 0.3) is 5.65 Å². The van der Waals surface area contributed by atoms with Crippen molar-refractivity contribution in [3.63, 3.8) is 0 Å². The van der Waals surface area contributed by atoms with Crippen LogP contribution in [0.5, 0.6) is 11.6 Å². The van der Waals surface area contributed by atoms with Crippen molar-refractivity contribution in [3.8, 4) is 11.6 Å². The van der Waals surface area contributed by atoms with Gasteiger partial charge in [0.15, 0.2) is 5.65 Å². The summed E-state index contributed by atoms with van der Waals surface area (Å²) in [6.07, 6.45) is 1.51. The Balaban J connectivity index is 1.94. The van der Waals surface area contributed by atoms with E-state index in [4.69, 9.17) is 4.74 Å². The molecule has 0 bridgehead atoms. The summed E-state index contributed by atoms with van der Waals surface area (Å²) in [6, 6.07) is 11.1. The van der Waals surface area contributed by atoms with Gasteiger partial charge in [-0.05, 0) is 22.6 Å². The van der Waals surface area contributed by atoms with Crippen LogP contribution in [0.3, 0.4) is 0 Å². The van der Waals surface area contributed by atoms with Crippen LogP contribution in [-0.4, -0.2) is 25.0 Å². The molecule has 2 heterocycles. The number of hydrogen-bond acceptors (Lipinski definition) is 5. The summed E-state index contributed by atoms with van der Waals surface area (Å²) in [5.74, 6) is 1.19. The van der Waals surface area contributed by atoms with Crippen LogP contribution < -0.4 is 4.74 Å². The molecule has 0 aliphatic heterocycles. The number of nitrogens with zero attached hydrogens (tertiary/aromatic N) is 5. The maximum absolute atomic E-state index is 5.54. The topological polar surface area (TPSA) is 65.2 Å². The molecule has 6 nitrogen and oxygen atoms in total. The summed E-state index contributed by atoms with van der Waals surface area (Å²) in [6.45, 7) is 0. The summed E-state index contributed by atoms with van der Waals surface area (Å²) in [4.78, 5) is 4.07. The zero-order chi connectivity index (χ0) is 10.8. The number of fused-ring (bicyclic) bond motifs is 1. The van der Waals surface area contributed by atoms with Gasteiger partial charge in [-0.3, -0.25) is 0 Å². The molecule has 0 atom stereocenters. The van der Waals surface area contributed by atoms with E-state index in [9.17, 15) is 0 Å². The van der Waals surface area contributed by atoms with Crippen LogP contribution >= 0.6 is 0 Å². The Kier molecular flexibility index (Phi) is 1.96. The molecule has 3 rings (SSSR count). The molecular formula is C10H7N5O. The molecule has 3 aromatic rings. The van der Waals surface area contributed by atoms with Crippen molar-refractivity contribution in [1.29, 1.82) is 0 Å². The Morgan fingerprint density at radius 2 is 2.00 bits per heavy atom. The third-order valence-corrected chi connectivity index (χ3v) is 2.03. The fraction of sp³-hybridized carbons (Fsp3) is 0. The second-order valence-electron chi connectivity index (χ2n) is 3.12. The Bertz CT molecular complexity index is 607. The van der Waals surface area contributed by atoms with Gasteiger partial charge in [0.1, 0.15) is 12.1 Å². The number of tetrazole rings is 1. The minimum absolute atomic E-state index is 0.466. The molecule has 0 aliphatic rings. The van der Waals surface area contributed by atoms with Crippen molar-refractivity contribution in [2.75, 3.05) is 0 Å². The minimum Gasteiger partial charge on any atom is -0.439 e. The first-order valence-electron chi connectivity index (χ1n) is 4.68. The van der Waals surface area contributed by atoms with E-state index >= 15 is 0 Å². The normalized spacial score (nSPS) is 10.5. The van der Waals surface area contributed by atoms with Crippen molar-refractivity contribution < 1.29 is 4.74 Å². The van der Waals surface area contributed by atoms with Gasteiger partial charge >= 0.3 is 0 Å². The smallest absolute Gasteiger partial charge is 0.224 e. The summed E-state index contributed by atoms with van der Waals surface area (Å²) in [5.41, 5.74) is 0.598. The second kappa shape index (κ2) is 3.58. The van der Waals surface area contributed by atoms with Crippen molar-refractivity contribution in [3.05, 3.63) is 42.7 Å². The summed E-state index contributed by atoms with van der Waals surface area (Å²) in [5, 5.41) is 11.0. The highest BCUT2D eigenvalue weighted by Crippen LogP contribution is 2.18. The first-order chi connectivity index (χ1) is 7.92. The Labute approximate surface area is 90.5 Å². The molecule has 0 saturated heterocycles. The van der Waals surface area contributed by atoms with E-state index in [1.54, 1.807) is 6.07 Å². The van der Waals surface area contributed by atoms with Gasteiger partial charge in [-0.1, -0.05) is 18.2 Å². The molecule has 2 aromatic heterocycles. The maximum Gasteiger partial charge on any atom is 0.224 e. The highest BCUT2D eigenvalue weighted by atomic mass is 16.5. The molecule has 1 aromatic carbocycles. The van der Waals surface area contributed by atoms with Gasteiger partial charge in [0.05, 0.1) is 0 Å². The Morgan fingerprint density at radius 1 is 1.12 bits per heavy atom. The highest BCUT2D eigenvalue weighted by molar-refractivity contribution is 5.39. The Morgan fingerprint density at radius 3 is 2.88 bits per heavy atom. The molecule has 0 amide bonds. The number of ether oxygens (including phenoxy) is 1. The van der Waals surface area contributed by atoms with Crippen LogP contribution in [0.15, 0.2) is 42.7 Å². The summed E-state index contributed by atoms with van der Waals surface area (Å²) < 4.78 is 7.01. The average molecular weight is 213 g/mol. The van der Waals surface area contributed by atoms with Crippen molar-refractivity contribution >= 4 is 5.65 Å². The molecular weight excluding hydrogens is 206 g/mol. The minimum atomic E-state index is 0.466. The lowest BCUT2D eigenvalue weighted by Gasteiger charge is -2.02. The van der Waals surface area contributed by atoms with Crippen molar-refractivity contribution in [2.24, 2.45) is 0 Å². The van der Waals surface area contributed by atoms with E-state index < -0.39 is 0 Å². The number of para-hydroxylation sites is 1. The Hall–Kier alpha value is -2.50. The second-order valence-corrected chi connectivity index (χ2v) is 3.12. The quantitative estimate of drug-likeness (QED) is 0.642. The van der Waals surface area contributed by atoms with E-state index in [-0.39, 0.29) is 0 Å². The van der Waals surface area contributed by atoms with Crippen molar-refractivity contribution in [1.82, 2.24) is 25.0 Å². The molecule has 0 unspecified atom stereocenters. The SMILES string of the molecule is c1ccc(Oc2cc3nnnn3cn2)cc1. The molecule has 16 heavy (non-hydrogen) atoms. The number of aromatic nitrogens is 5. The van der Waals surface area contributed by atoms with Gasteiger partial charge in [-0.2, -0.15) is 4.52 Å². The monoisotopic (exact) mass is 213 g/mol. The van der Waals surface area contributed by atoms with Gasteiger partial charge in [0.2, 0.25) is 5.88 Å². The predicted octanol–water partition coefficient (Wildman–Crippen LogP) is 1.31. The predicted molar refractivity (Wildman–Crippen MR) is 55.1 cm³/mol. The fourth-order valence-electron chi connectivity index (χ4n) is 1.30. The van der Waals surface area contributed by atoms with Gasteiger partial charge in [0, 0.05) is 6.07 Å². The zero-order valence-corrected chi connectivity index (χ0v) is 8.19. The van der Waals surface area contributed by atoms with E-state index in [0.717, 1.165) is 5.75 Å². The number of benzene rings is 1. The largest absolute Gasteiger partial charge is 0.439 e. The molecule has 0 radical (unpaired) electrons. The molecule has 6 heteroatoms. The zero-order valence-electron chi connectivity index (χ0n) is 8.19. The molecule has 0 spiro atoms. The van der Waals surface area contributed by atoms with Gasteiger partial charge in [-0.15, -0.1) is 5.10 Å². The maximum atomic E-state index is 5.54. The van der Waals surface area contributed by atoms with E-state index in [0.29, 0.717) is 11.5 Å². The van der Waals surface area contributed by atoms with E-state index in [1.165, 1.54) is 10.8 Å². The van der Waals surface area contributed by atoms with E-state index in [1.807, 2.05) is 30.3 Å². The average Bonchev–Trinajstić information content (AvgIpc) is 2.77. The van der Waals surface area contributed by atoms with E-state index in [2.05, 4.69) is 20.5 Å². The van der Waals surface area contributed by atoms with Gasteiger partial charge < -0.3 is 4.74 Å². The van der Waals surface area contributed by atoms with Crippen LogP contribution in [0.4, 0.5) is 0 Å². The van der Waals surface area contributed by atoms with Crippen LogP contribution in [0.2, 0.25) is 0 Å².